The molecular formula is C20H20ClN5O2S. The molecule has 150 valence electrons. The molecule has 3 heterocycles. The van der Waals surface area contributed by atoms with E-state index in [4.69, 9.17) is 11.6 Å². The smallest absolute Gasteiger partial charge is 0.272 e. The van der Waals surface area contributed by atoms with Crippen molar-refractivity contribution in [3.05, 3.63) is 56.9 Å². The first-order valence-corrected chi connectivity index (χ1v) is 10.7. The van der Waals surface area contributed by atoms with Crippen molar-refractivity contribution in [2.45, 2.75) is 39.2 Å². The molecule has 1 aromatic carbocycles. The van der Waals surface area contributed by atoms with E-state index in [9.17, 15) is 9.59 Å². The molecule has 1 N–H and O–H groups in total. The van der Waals surface area contributed by atoms with Gasteiger partial charge in [-0.05, 0) is 42.5 Å². The number of nitrogens with zero attached hydrogens (tertiary/aromatic N) is 4. The lowest BCUT2D eigenvalue weighted by Gasteiger charge is -2.08. The SMILES string of the molecule is CCCn1c(=O)c2sccc2n2c(CCCC(=O)Nc3cccc(Cl)c3)nnc12. The fraction of sp³-hybridized carbons (Fsp3) is 0.300. The Balaban J connectivity index is 1.53. The second-order valence-electron chi connectivity index (χ2n) is 6.76. The van der Waals surface area contributed by atoms with Gasteiger partial charge in [0.1, 0.15) is 10.5 Å². The third-order valence-electron chi connectivity index (χ3n) is 4.64. The molecule has 1 amide bonds. The highest BCUT2D eigenvalue weighted by atomic mass is 35.5. The zero-order valence-electron chi connectivity index (χ0n) is 15.9. The van der Waals surface area contributed by atoms with Crippen molar-refractivity contribution in [2.24, 2.45) is 0 Å². The van der Waals surface area contributed by atoms with Crippen molar-refractivity contribution >= 4 is 50.5 Å². The molecule has 0 saturated carbocycles. The quantitative estimate of drug-likeness (QED) is 0.479. The van der Waals surface area contributed by atoms with E-state index >= 15 is 0 Å². The van der Waals surface area contributed by atoms with Crippen LogP contribution >= 0.6 is 22.9 Å². The average molecular weight is 430 g/mol. The van der Waals surface area contributed by atoms with Crippen LogP contribution in [0.5, 0.6) is 0 Å². The zero-order chi connectivity index (χ0) is 20.4. The van der Waals surface area contributed by atoms with E-state index in [1.54, 1.807) is 28.8 Å². The highest BCUT2D eigenvalue weighted by Gasteiger charge is 2.17. The molecular weight excluding hydrogens is 410 g/mol. The molecule has 9 heteroatoms. The van der Waals surface area contributed by atoms with Gasteiger partial charge >= 0.3 is 0 Å². The summed E-state index contributed by atoms with van der Waals surface area (Å²) < 4.78 is 4.32. The van der Waals surface area contributed by atoms with Gasteiger partial charge in [0, 0.05) is 30.1 Å². The van der Waals surface area contributed by atoms with Crippen LogP contribution in [-0.2, 0) is 17.8 Å². The Bertz CT molecular complexity index is 1240. The summed E-state index contributed by atoms with van der Waals surface area (Å²) >= 11 is 7.38. The first-order valence-electron chi connectivity index (χ1n) is 9.48. The van der Waals surface area contributed by atoms with Crippen LogP contribution in [0, 0.1) is 0 Å². The Morgan fingerprint density at radius 1 is 1.28 bits per heavy atom. The van der Waals surface area contributed by atoms with Crippen LogP contribution < -0.4 is 10.9 Å². The Hall–Kier alpha value is -2.71. The van der Waals surface area contributed by atoms with Crippen molar-refractivity contribution in [2.75, 3.05) is 5.32 Å². The third kappa shape index (κ3) is 3.90. The first kappa shape index (κ1) is 19.6. The summed E-state index contributed by atoms with van der Waals surface area (Å²) in [4.78, 5) is 25.0. The number of hydrogen-bond donors (Lipinski definition) is 1. The Morgan fingerprint density at radius 2 is 2.14 bits per heavy atom. The summed E-state index contributed by atoms with van der Waals surface area (Å²) in [5.41, 5.74) is 1.48. The molecule has 4 aromatic rings. The van der Waals surface area contributed by atoms with Gasteiger partial charge in [0.15, 0.2) is 0 Å². The summed E-state index contributed by atoms with van der Waals surface area (Å²) in [7, 11) is 0. The molecule has 3 aromatic heterocycles. The van der Waals surface area contributed by atoms with Crippen LogP contribution in [0.15, 0.2) is 40.5 Å². The summed E-state index contributed by atoms with van der Waals surface area (Å²) in [6.45, 7) is 2.62. The number of nitrogens with one attached hydrogen (secondary N) is 1. The predicted octanol–water partition coefficient (Wildman–Crippen LogP) is 4.13. The Labute approximate surface area is 175 Å². The summed E-state index contributed by atoms with van der Waals surface area (Å²) in [5.74, 6) is 1.23. The van der Waals surface area contributed by atoms with Crippen LogP contribution in [0.3, 0.4) is 0 Å². The second-order valence-corrected chi connectivity index (χ2v) is 8.11. The van der Waals surface area contributed by atoms with Gasteiger partial charge in [-0.15, -0.1) is 21.5 Å². The van der Waals surface area contributed by atoms with Gasteiger partial charge < -0.3 is 5.32 Å². The van der Waals surface area contributed by atoms with E-state index in [0.717, 1.165) is 17.8 Å². The molecule has 0 spiro atoms. The Kier molecular flexibility index (Phi) is 5.64. The lowest BCUT2D eigenvalue weighted by atomic mass is 10.2. The Morgan fingerprint density at radius 3 is 2.93 bits per heavy atom. The lowest BCUT2D eigenvalue weighted by molar-refractivity contribution is -0.116. The van der Waals surface area contributed by atoms with Gasteiger partial charge in [-0.1, -0.05) is 24.6 Å². The number of fused-ring (bicyclic) bond motifs is 3. The van der Waals surface area contributed by atoms with Crippen LogP contribution in [-0.4, -0.2) is 25.1 Å². The number of anilines is 1. The molecule has 7 nitrogen and oxygen atoms in total. The number of rotatable bonds is 7. The van der Waals surface area contributed by atoms with E-state index in [1.165, 1.54) is 11.3 Å². The number of aromatic nitrogens is 4. The van der Waals surface area contributed by atoms with Gasteiger partial charge in [0.2, 0.25) is 11.7 Å². The number of thiophene rings is 1. The minimum absolute atomic E-state index is 0.0239. The topological polar surface area (TPSA) is 81.3 Å². The minimum Gasteiger partial charge on any atom is -0.326 e. The fourth-order valence-corrected chi connectivity index (χ4v) is 4.38. The number of halogens is 1. The van der Waals surface area contributed by atoms with Crippen LogP contribution in [0.4, 0.5) is 5.69 Å². The third-order valence-corrected chi connectivity index (χ3v) is 5.77. The van der Waals surface area contributed by atoms with E-state index in [0.29, 0.717) is 47.0 Å². The van der Waals surface area contributed by atoms with Gasteiger partial charge in [0.05, 0.1) is 5.52 Å². The number of aryl methyl sites for hydroxylation is 2. The molecule has 0 radical (unpaired) electrons. The number of carbonyl (C=O) groups is 1. The van der Waals surface area contributed by atoms with Crippen molar-refractivity contribution in [1.82, 2.24) is 19.2 Å². The highest BCUT2D eigenvalue weighted by molar-refractivity contribution is 7.17. The van der Waals surface area contributed by atoms with Crippen molar-refractivity contribution < 1.29 is 4.79 Å². The van der Waals surface area contributed by atoms with Gasteiger partial charge in [-0.25, -0.2) is 0 Å². The van der Waals surface area contributed by atoms with Gasteiger partial charge in [-0.2, -0.15) is 0 Å². The molecule has 29 heavy (non-hydrogen) atoms. The van der Waals surface area contributed by atoms with Crippen LogP contribution in [0.2, 0.25) is 5.02 Å². The summed E-state index contributed by atoms with van der Waals surface area (Å²) in [6.07, 6.45) is 2.38. The highest BCUT2D eigenvalue weighted by Crippen LogP contribution is 2.21. The molecule has 4 rings (SSSR count). The predicted molar refractivity (Wildman–Crippen MR) is 116 cm³/mol. The maximum atomic E-state index is 12.7. The van der Waals surface area contributed by atoms with Crippen molar-refractivity contribution in [1.29, 1.82) is 0 Å². The van der Waals surface area contributed by atoms with Crippen molar-refractivity contribution in [3.63, 3.8) is 0 Å². The zero-order valence-corrected chi connectivity index (χ0v) is 17.5. The molecule has 0 aliphatic carbocycles. The normalized spacial score (nSPS) is 11.4. The average Bonchev–Trinajstić information content (AvgIpc) is 3.32. The summed E-state index contributed by atoms with van der Waals surface area (Å²) in [6, 6.07) is 8.99. The van der Waals surface area contributed by atoms with E-state index in [-0.39, 0.29) is 11.5 Å². The maximum absolute atomic E-state index is 12.7. The fourth-order valence-electron chi connectivity index (χ4n) is 3.36. The van der Waals surface area contributed by atoms with E-state index < -0.39 is 0 Å². The van der Waals surface area contributed by atoms with Crippen LogP contribution in [0.1, 0.15) is 32.0 Å². The minimum atomic E-state index is -0.0790. The summed E-state index contributed by atoms with van der Waals surface area (Å²) in [5, 5.41) is 13.9. The van der Waals surface area contributed by atoms with Crippen molar-refractivity contribution in [3.8, 4) is 0 Å². The number of amides is 1. The molecule has 0 aliphatic heterocycles. The molecule has 0 saturated heterocycles. The maximum Gasteiger partial charge on any atom is 0.272 e. The standard InChI is InChI=1S/C20H20ClN5O2S/c1-2-10-25-19(28)18-15(9-11-29-18)26-16(23-24-20(25)26)7-4-8-17(27)22-14-6-3-5-13(21)12-14/h3,5-6,9,11-12H,2,4,7-8,10H2,1H3,(H,22,27). The van der Waals surface area contributed by atoms with E-state index in [1.807, 2.05) is 22.8 Å². The molecule has 0 bridgehead atoms. The van der Waals surface area contributed by atoms with Crippen LogP contribution in [0.25, 0.3) is 16.0 Å². The van der Waals surface area contributed by atoms with Gasteiger partial charge in [0.25, 0.3) is 5.56 Å². The molecule has 0 unspecified atom stereocenters. The molecule has 0 atom stereocenters. The first-order chi connectivity index (χ1) is 14.1. The number of benzene rings is 1. The molecule has 0 fully saturated rings. The molecule has 0 aliphatic rings. The number of carbonyl (C=O) groups excluding carboxylic acids is 1. The largest absolute Gasteiger partial charge is 0.326 e. The lowest BCUT2D eigenvalue weighted by Crippen LogP contribution is -2.22. The second kappa shape index (κ2) is 8.34. The number of hydrogen-bond acceptors (Lipinski definition) is 5. The monoisotopic (exact) mass is 429 g/mol. The van der Waals surface area contributed by atoms with Gasteiger partial charge in [-0.3, -0.25) is 18.6 Å². The van der Waals surface area contributed by atoms with E-state index in [2.05, 4.69) is 15.5 Å².